The molecule has 0 aromatic heterocycles. The molecule has 6 heteroatoms. The number of rotatable bonds is 3. The standard InChI is InChI=1S/C12H18N2O4/c1-12(2,3)18-11(15)13-8-9-6-4-5-7-10(9)14(16)17/h4-7,16-17H,8H2,1-3H3,(H,13,15). The van der Waals surface area contributed by atoms with Crippen LogP contribution in [0, 0.1) is 0 Å². The maximum Gasteiger partial charge on any atom is 0.407 e. The molecule has 3 N–H and O–H groups in total. The van der Waals surface area contributed by atoms with Crippen LogP contribution in [-0.2, 0) is 11.3 Å². The van der Waals surface area contributed by atoms with Crippen molar-refractivity contribution in [2.45, 2.75) is 32.9 Å². The molecule has 0 atom stereocenters. The highest BCUT2D eigenvalue weighted by Gasteiger charge is 2.16. The molecule has 0 bridgehead atoms. The second kappa shape index (κ2) is 5.70. The summed E-state index contributed by atoms with van der Waals surface area (Å²) in [5.41, 5.74) is 0.200. The third-order valence-corrected chi connectivity index (χ3v) is 2.03. The highest BCUT2D eigenvalue weighted by Crippen LogP contribution is 2.17. The maximum absolute atomic E-state index is 11.4. The molecule has 0 radical (unpaired) electrons. The Balaban J connectivity index is 2.61. The number of para-hydroxylation sites is 1. The van der Waals surface area contributed by atoms with Gasteiger partial charge in [0, 0.05) is 6.54 Å². The van der Waals surface area contributed by atoms with Gasteiger partial charge < -0.3 is 10.1 Å². The number of nitrogens with one attached hydrogen (secondary N) is 1. The van der Waals surface area contributed by atoms with Crippen LogP contribution in [0.15, 0.2) is 24.3 Å². The van der Waals surface area contributed by atoms with Crippen LogP contribution in [0.5, 0.6) is 0 Å². The average Bonchev–Trinajstić information content (AvgIpc) is 2.24. The minimum atomic E-state index is -0.566. The number of benzene rings is 1. The van der Waals surface area contributed by atoms with Gasteiger partial charge in [0.05, 0.1) is 5.69 Å². The lowest BCUT2D eigenvalue weighted by molar-refractivity contribution is 0.0283. The summed E-state index contributed by atoms with van der Waals surface area (Å²) in [6, 6.07) is 6.59. The fourth-order valence-corrected chi connectivity index (χ4v) is 1.34. The van der Waals surface area contributed by atoms with Gasteiger partial charge in [0.1, 0.15) is 5.60 Å². The van der Waals surface area contributed by atoms with Gasteiger partial charge >= 0.3 is 6.09 Å². The summed E-state index contributed by atoms with van der Waals surface area (Å²) in [4.78, 5) is 11.4. The average molecular weight is 254 g/mol. The van der Waals surface area contributed by atoms with Gasteiger partial charge in [0.25, 0.3) is 0 Å². The van der Waals surface area contributed by atoms with Crippen molar-refractivity contribution < 1.29 is 19.9 Å². The SMILES string of the molecule is CC(C)(C)OC(=O)NCc1ccccc1N(O)O. The summed E-state index contributed by atoms with van der Waals surface area (Å²) in [6.07, 6.45) is -0.556. The molecule has 1 amide bonds. The summed E-state index contributed by atoms with van der Waals surface area (Å²) >= 11 is 0. The Hall–Kier alpha value is -1.79. The predicted octanol–water partition coefficient (Wildman–Crippen LogP) is 2.30. The highest BCUT2D eigenvalue weighted by atomic mass is 16.8. The van der Waals surface area contributed by atoms with Crippen molar-refractivity contribution in [3.63, 3.8) is 0 Å². The number of hydrogen-bond acceptors (Lipinski definition) is 5. The minimum absolute atomic E-state index is 0.0199. The number of anilines is 1. The smallest absolute Gasteiger partial charge is 0.407 e. The molecule has 100 valence electrons. The van der Waals surface area contributed by atoms with Crippen LogP contribution >= 0.6 is 0 Å². The van der Waals surface area contributed by atoms with E-state index < -0.39 is 11.7 Å². The van der Waals surface area contributed by atoms with E-state index in [0.29, 0.717) is 5.56 Å². The van der Waals surface area contributed by atoms with Gasteiger partial charge in [-0.3, -0.25) is 10.4 Å². The van der Waals surface area contributed by atoms with E-state index in [0.717, 1.165) is 0 Å². The zero-order chi connectivity index (χ0) is 13.8. The fraction of sp³-hybridized carbons (Fsp3) is 0.417. The molecule has 0 aliphatic heterocycles. The normalized spacial score (nSPS) is 10.9. The first-order valence-electron chi connectivity index (χ1n) is 5.52. The molecule has 1 aromatic rings. The molecule has 1 aromatic carbocycles. The van der Waals surface area contributed by atoms with Gasteiger partial charge in [0.15, 0.2) is 0 Å². The minimum Gasteiger partial charge on any atom is -0.444 e. The van der Waals surface area contributed by atoms with E-state index in [1.807, 2.05) is 0 Å². The van der Waals surface area contributed by atoms with E-state index in [-0.39, 0.29) is 17.5 Å². The third kappa shape index (κ3) is 4.60. The number of nitrogens with zero attached hydrogens (tertiary/aromatic N) is 1. The zero-order valence-electron chi connectivity index (χ0n) is 10.7. The zero-order valence-corrected chi connectivity index (χ0v) is 10.7. The van der Waals surface area contributed by atoms with Crippen LogP contribution < -0.4 is 10.5 Å². The fourth-order valence-electron chi connectivity index (χ4n) is 1.34. The molecule has 6 nitrogen and oxygen atoms in total. The summed E-state index contributed by atoms with van der Waals surface area (Å²) in [6.45, 7) is 5.44. The summed E-state index contributed by atoms with van der Waals surface area (Å²) in [7, 11) is 0. The van der Waals surface area contributed by atoms with Crippen LogP contribution in [0.2, 0.25) is 0 Å². The molecular formula is C12H18N2O4. The van der Waals surface area contributed by atoms with E-state index in [1.165, 1.54) is 6.07 Å². The molecule has 0 aliphatic carbocycles. The van der Waals surface area contributed by atoms with Crippen molar-refractivity contribution in [2.75, 3.05) is 5.23 Å². The predicted molar refractivity (Wildman–Crippen MR) is 65.6 cm³/mol. The Kier molecular flexibility index (Phi) is 4.52. The highest BCUT2D eigenvalue weighted by molar-refractivity contribution is 5.68. The summed E-state index contributed by atoms with van der Waals surface area (Å²) < 4.78 is 5.07. The Morgan fingerprint density at radius 2 is 1.94 bits per heavy atom. The first-order valence-corrected chi connectivity index (χ1v) is 5.52. The van der Waals surface area contributed by atoms with Gasteiger partial charge in [-0.05, 0) is 32.4 Å². The first kappa shape index (κ1) is 14.3. The van der Waals surface area contributed by atoms with Crippen molar-refractivity contribution in [3.05, 3.63) is 29.8 Å². The Labute approximate surface area is 106 Å². The largest absolute Gasteiger partial charge is 0.444 e. The van der Waals surface area contributed by atoms with Crippen LogP contribution in [0.3, 0.4) is 0 Å². The van der Waals surface area contributed by atoms with Gasteiger partial charge in [-0.15, -0.1) is 5.23 Å². The molecular weight excluding hydrogens is 236 g/mol. The summed E-state index contributed by atoms with van der Waals surface area (Å²) in [5.74, 6) is 0. The Morgan fingerprint density at radius 1 is 1.33 bits per heavy atom. The second-order valence-electron chi connectivity index (χ2n) is 4.77. The molecule has 0 unspecified atom stereocenters. The second-order valence-corrected chi connectivity index (χ2v) is 4.77. The topological polar surface area (TPSA) is 82.0 Å². The van der Waals surface area contributed by atoms with Crippen LogP contribution in [-0.4, -0.2) is 22.1 Å². The lowest BCUT2D eigenvalue weighted by Crippen LogP contribution is -2.32. The van der Waals surface area contributed by atoms with Crippen LogP contribution in [0.4, 0.5) is 10.5 Å². The Bertz CT molecular complexity index is 413. The van der Waals surface area contributed by atoms with Crippen molar-refractivity contribution in [2.24, 2.45) is 0 Å². The summed E-state index contributed by atoms with van der Waals surface area (Å²) in [5, 5.41) is 20.6. The van der Waals surface area contributed by atoms with E-state index in [4.69, 9.17) is 15.2 Å². The Morgan fingerprint density at radius 3 is 2.50 bits per heavy atom. The lowest BCUT2D eigenvalue weighted by Gasteiger charge is -2.20. The number of carbonyl (C=O) groups excluding carboxylic acids is 1. The van der Waals surface area contributed by atoms with E-state index >= 15 is 0 Å². The number of alkyl carbamates (subject to hydrolysis) is 1. The van der Waals surface area contributed by atoms with Gasteiger partial charge in [0.2, 0.25) is 0 Å². The monoisotopic (exact) mass is 254 g/mol. The molecule has 0 spiro atoms. The lowest BCUT2D eigenvalue weighted by atomic mass is 10.2. The van der Waals surface area contributed by atoms with Gasteiger partial charge in [-0.25, -0.2) is 4.79 Å². The van der Waals surface area contributed by atoms with Crippen LogP contribution in [0.1, 0.15) is 26.3 Å². The number of amides is 1. The van der Waals surface area contributed by atoms with Gasteiger partial charge in [-0.2, -0.15) is 0 Å². The van der Waals surface area contributed by atoms with Crippen molar-refractivity contribution in [1.29, 1.82) is 0 Å². The molecule has 0 aliphatic rings. The van der Waals surface area contributed by atoms with Crippen molar-refractivity contribution in [1.82, 2.24) is 5.32 Å². The molecule has 1 rings (SSSR count). The molecule has 0 saturated carbocycles. The first-order chi connectivity index (χ1) is 8.29. The van der Waals surface area contributed by atoms with E-state index in [9.17, 15) is 4.79 Å². The third-order valence-electron chi connectivity index (χ3n) is 2.03. The molecule has 0 saturated heterocycles. The quantitative estimate of drug-likeness (QED) is 0.721. The maximum atomic E-state index is 11.4. The number of hydrogen-bond donors (Lipinski definition) is 3. The van der Waals surface area contributed by atoms with E-state index in [2.05, 4.69) is 5.32 Å². The van der Waals surface area contributed by atoms with Gasteiger partial charge in [-0.1, -0.05) is 18.2 Å². The molecule has 18 heavy (non-hydrogen) atoms. The number of carbonyl (C=O) groups is 1. The van der Waals surface area contributed by atoms with E-state index in [1.54, 1.807) is 39.0 Å². The van der Waals surface area contributed by atoms with Crippen molar-refractivity contribution >= 4 is 11.8 Å². The number of ether oxygens (including phenoxy) is 1. The molecule has 0 heterocycles. The van der Waals surface area contributed by atoms with Crippen molar-refractivity contribution in [3.8, 4) is 0 Å². The van der Waals surface area contributed by atoms with Crippen LogP contribution in [0.25, 0.3) is 0 Å². The molecule has 0 fully saturated rings.